The van der Waals surface area contributed by atoms with Gasteiger partial charge in [-0.3, -0.25) is 10.1 Å². The van der Waals surface area contributed by atoms with Crippen LogP contribution in [0.1, 0.15) is 15.9 Å². The van der Waals surface area contributed by atoms with E-state index in [1.165, 1.54) is 11.0 Å². The van der Waals surface area contributed by atoms with Gasteiger partial charge >= 0.3 is 0 Å². The monoisotopic (exact) mass is 367 g/mol. The van der Waals surface area contributed by atoms with E-state index in [0.717, 1.165) is 21.2 Å². The van der Waals surface area contributed by atoms with E-state index in [9.17, 15) is 4.79 Å². The Bertz CT molecular complexity index is 963. The van der Waals surface area contributed by atoms with E-state index in [1.54, 1.807) is 35.2 Å². The van der Waals surface area contributed by atoms with Crippen LogP contribution in [-0.2, 0) is 5.75 Å². The summed E-state index contributed by atoms with van der Waals surface area (Å²) in [5, 5.41) is 8.94. The minimum atomic E-state index is -0.220. The number of carbonyl (C=O) groups excluding carboxylic acids is 1. The van der Waals surface area contributed by atoms with Crippen molar-refractivity contribution < 1.29 is 4.79 Å². The van der Waals surface area contributed by atoms with Crippen molar-refractivity contribution in [1.82, 2.24) is 20.2 Å². The maximum absolute atomic E-state index is 12.1. The maximum Gasteiger partial charge on any atom is 0.258 e. The van der Waals surface area contributed by atoms with Crippen molar-refractivity contribution in [2.75, 3.05) is 5.32 Å². The summed E-state index contributed by atoms with van der Waals surface area (Å²) in [7, 11) is 0. The Morgan fingerprint density at radius 3 is 2.76 bits per heavy atom. The number of carbonyl (C=O) groups is 1. The Morgan fingerprint density at radius 2 is 2.00 bits per heavy atom. The standard InChI is InChI=1S/C17H13N5OS2/c23-15(21-16-18-10-19-22-16)12-7-5-11(6-8-12)9-24-17-20-13-3-1-2-4-14(13)25-17/h1-8,10H,9H2,(H2,18,19,21,22,23). The van der Waals surface area contributed by atoms with Gasteiger partial charge in [0.15, 0.2) is 4.34 Å². The fourth-order valence-electron chi connectivity index (χ4n) is 2.26. The molecule has 6 nitrogen and oxygen atoms in total. The number of aromatic amines is 1. The molecular weight excluding hydrogens is 354 g/mol. The van der Waals surface area contributed by atoms with Crippen molar-refractivity contribution in [2.24, 2.45) is 0 Å². The van der Waals surface area contributed by atoms with Crippen LogP contribution in [0.15, 0.2) is 59.2 Å². The molecule has 4 rings (SSSR count). The van der Waals surface area contributed by atoms with E-state index in [4.69, 9.17) is 0 Å². The number of benzene rings is 2. The van der Waals surface area contributed by atoms with Crippen LogP contribution in [0.3, 0.4) is 0 Å². The number of nitrogens with zero attached hydrogens (tertiary/aromatic N) is 3. The van der Waals surface area contributed by atoms with E-state index in [0.29, 0.717) is 11.5 Å². The molecule has 8 heteroatoms. The molecule has 0 saturated heterocycles. The summed E-state index contributed by atoms with van der Waals surface area (Å²) in [5.74, 6) is 0.923. The van der Waals surface area contributed by atoms with Crippen molar-refractivity contribution in [3.8, 4) is 0 Å². The van der Waals surface area contributed by atoms with Crippen molar-refractivity contribution in [3.63, 3.8) is 0 Å². The van der Waals surface area contributed by atoms with Gasteiger partial charge in [-0.1, -0.05) is 36.0 Å². The molecule has 124 valence electrons. The quantitative estimate of drug-likeness (QED) is 0.522. The van der Waals surface area contributed by atoms with Gasteiger partial charge < -0.3 is 0 Å². The van der Waals surface area contributed by atoms with Crippen LogP contribution in [0.2, 0.25) is 0 Å². The number of thioether (sulfide) groups is 1. The molecule has 1 amide bonds. The van der Waals surface area contributed by atoms with Crippen molar-refractivity contribution in [2.45, 2.75) is 10.1 Å². The third kappa shape index (κ3) is 3.70. The summed E-state index contributed by atoms with van der Waals surface area (Å²) >= 11 is 3.40. The normalized spacial score (nSPS) is 10.9. The highest BCUT2D eigenvalue weighted by Gasteiger charge is 2.08. The Kier molecular flexibility index (Phi) is 4.45. The second-order valence-electron chi connectivity index (χ2n) is 5.22. The summed E-state index contributed by atoms with van der Waals surface area (Å²) in [5.41, 5.74) is 2.75. The molecule has 4 aromatic rings. The zero-order valence-electron chi connectivity index (χ0n) is 13.0. The van der Waals surface area contributed by atoms with Gasteiger partial charge in [-0.25, -0.2) is 10.1 Å². The van der Waals surface area contributed by atoms with Gasteiger partial charge in [0.1, 0.15) is 6.33 Å². The minimum absolute atomic E-state index is 0.220. The number of anilines is 1. The molecular formula is C17H13N5OS2. The second-order valence-corrected chi connectivity index (χ2v) is 7.47. The molecule has 0 aliphatic carbocycles. The molecule has 0 atom stereocenters. The average molecular weight is 367 g/mol. The molecule has 2 aromatic carbocycles. The Balaban J connectivity index is 1.39. The first-order valence-corrected chi connectivity index (χ1v) is 9.32. The molecule has 0 aliphatic rings. The molecule has 0 bridgehead atoms. The second kappa shape index (κ2) is 7.04. The number of hydrogen-bond acceptors (Lipinski definition) is 6. The lowest BCUT2D eigenvalue weighted by Gasteiger charge is -2.03. The van der Waals surface area contributed by atoms with E-state index >= 15 is 0 Å². The molecule has 0 radical (unpaired) electrons. The summed E-state index contributed by atoms with van der Waals surface area (Å²) in [6, 6.07) is 15.7. The lowest BCUT2D eigenvalue weighted by Crippen LogP contribution is -2.12. The summed E-state index contributed by atoms with van der Waals surface area (Å²) < 4.78 is 2.25. The number of fused-ring (bicyclic) bond motifs is 1. The van der Waals surface area contributed by atoms with Gasteiger partial charge in [-0.05, 0) is 29.8 Å². The zero-order valence-corrected chi connectivity index (χ0v) is 14.6. The molecule has 0 unspecified atom stereocenters. The number of amides is 1. The van der Waals surface area contributed by atoms with Crippen LogP contribution in [0.5, 0.6) is 0 Å². The molecule has 0 saturated carbocycles. The molecule has 2 aromatic heterocycles. The van der Waals surface area contributed by atoms with Crippen molar-refractivity contribution in [1.29, 1.82) is 0 Å². The lowest BCUT2D eigenvalue weighted by atomic mass is 10.1. The van der Waals surface area contributed by atoms with Gasteiger partial charge in [-0.2, -0.15) is 10.1 Å². The summed E-state index contributed by atoms with van der Waals surface area (Å²) in [4.78, 5) is 20.6. The van der Waals surface area contributed by atoms with Gasteiger partial charge in [0.05, 0.1) is 10.2 Å². The molecule has 2 N–H and O–H groups in total. The number of nitrogens with one attached hydrogen (secondary N) is 2. The first kappa shape index (κ1) is 15.8. The number of thiazole rings is 1. The van der Waals surface area contributed by atoms with Crippen LogP contribution < -0.4 is 5.32 Å². The topological polar surface area (TPSA) is 83.6 Å². The molecule has 0 fully saturated rings. The number of H-pyrrole nitrogens is 1. The van der Waals surface area contributed by atoms with Gasteiger partial charge in [0, 0.05) is 11.3 Å². The summed E-state index contributed by atoms with van der Waals surface area (Å²) in [6.45, 7) is 0. The predicted molar refractivity (Wildman–Crippen MR) is 100.0 cm³/mol. The zero-order chi connectivity index (χ0) is 17.1. The van der Waals surface area contributed by atoms with Crippen LogP contribution in [0.25, 0.3) is 10.2 Å². The summed E-state index contributed by atoms with van der Waals surface area (Å²) in [6.07, 6.45) is 1.35. The van der Waals surface area contributed by atoms with Gasteiger partial charge in [0.25, 0.3) is 5.91 Å². The van der Waals surface area contributed by atoms with Crippen LogP contribution >= 0.6 is 23.1 Å². The molecule has 0 aliphatic heterocycles. The molecule has 2 heterocycles. The fourth-order valence-corrected chi connectivity index (χ4v) is 4.28. The number of hydrogen-bond donors (Lipinski definition) is 2. The van der Waals surface area contributed by atoms with Crippen LogP contribution in [-0.4, -0.2) is 26.1 Å². The fraction of sp³-hybridized carbons (Fsp3) is 0.0588. The molecule has 25 heavy (non-hydrogen) atoms. The number of aromatic nitrogens is 4. The Morgan fingerprint density at radius 1 is 1.16 bits per heavy atom. The third-order valence-electron chi connectivity index (χ3n) is 3.50. The van der Waals surface area contributed by atoms with Gasteiger partial charge in [0.2, 0.25) is 5.95 Å². The maximum atomic E-state index is 12.1. The molecule has 0 spiro atoms. The predicted octanol–water partition coefficient (Wildman–Crippen LogP) is 3.96. The average Bonchev–Trinajstić information content (AvgIpc) is 3.29. The van der Waals surface area contributed by atoms with E-state index in [-0.39, 0.29) is 5.91 Å². The first-order chi connectivity index (χ1) is 12.3. The third-order valence-corrected chi connectivity index (χ3v) is 5.75. The van der Waals surface area contributed by atoms with E-state index in [2.05, 4.69) is 31.5 Å². The SMILES string of the molecule is O=C(Nc1ncn[nH]1)c1ccc(CSc2nc3ccccc3s2)cc1. The van der Waals surface area contributed by atoms with E-state index < -0.39 is 0 Å². The highest BCUT2D eigenvalue weighted by molar-refractivity contribution is 8.00. The minimum Gasteiger partial charge on any atom is -0.291 e. The Hall–Kier alpha value is -2.71. The smallest absolute Gasteiger partial charge is 0.258 e. The highest BCUT2D eigenvalue weighted by Crippen LogP contribution is 2.31. The van der Waals surface area contributed by atoms with Gasteiger partial charge in [-0.15, -0.1) is 11.3 Å². The van der Waals surface area contributed by atoms with Crippen LogP contribution in [0, 0.1) is 0 Å². The number of rotatable bonds is 5. The van der Waals surface area contributed by atoms with E-state index in [1.807, 2.05) is 30.3 Å². The number of para-hydroxylation sites is 1. The Labute approximate surface area is 151 Å². The van der Waals surface area contributed by atoms with Crippen molar-refractivity contribution in [3.05, 3.63) is 66.0 Å². The lowest BCUT2D eigenvalue weighted by molar-refractivity contribution is 0.102. The largest absolute Gasteiger partial charge is 0.291 e. The first-order valence-electron chi connectivity index (χ1n) is 7.52. The highest BCUT2D eigenvalue weighted by atomic mass is 32.2. The van der Waals surface area contributed by atoms with Crippen LogP contribution in [0.4, 0.5) is 5.95 Å². The van der Waals surface area contributed by atoms with Crippen molar-refractivity contribution >= 4 is 45.2 Å².